The van der Waals surface area contributed by atoms with Gasteiger partial charge in [-0.1, -0.05) is 19.4 Å². The second-order valence-corrected chi connectivity index (χ2v) is 4.76. The Hall–Kier alpha value is -1.91. The SMILES string of the molecule is CCCCOc1cc(CC2CNC(=O)N2)ccc1O. The van der Waals surface area contributed by atoms with Crippen LogP contribution in [0.5, 0.6) is 11.5 Å². The van der Waals surface area contributed by atoms with Crippen molar-refractivity contribution >= 4 is 6.03 Å². The van der Waals surface area contributed by atoms with Crippen molar-refractivity contribution in [3.05, 3.63) is 23.8 Å². The van der Waals surface area contributed by atoms with Gasteiger partial charge in [0.25, 0.3) is 0 Å². The van der Waals surface area contributed by atoms with E-state index in [1.165, 1.54) is 0 Å². The van der Waals surface area contributed by atoms with E-state index in [0.717, 1.165) is 24.8 Å². The molecule has 0 bridgehead atoms. The van der Waals surface area contributed by atoms with Crippen LogP contribution >= 0.6 is 0 Å². The van der Waals surface area contributed by atoms with E-state index in [4.69, 9.17) is 4.74 Å². The first-order valence-corrected chi connectivity index (χ1v) is 6.68. The fourth-order valence-corrected chi connectivity index (χ4v) is 2.04. The topological polar surface area (TPSA) is 70.6 Å². The molecule has 1 unspecified atom stereocenters. The lowest BCUT2D eigenvalue weighted by Gasteiger charge is -2.12. The molecule has 1 fully saturated rings. The molecule has 1 aromatic rings. The smallest absolute Gasteiger partial charge is 0.315 e. The van der Waals surface area contributed by atoms with E-state index in [2.05, 4.69) is 17.6 Å². The highest BCUT2D eigenvalue weighted by molar-refractivity contribution is 5.76. The maximum atomic E-state index is 11.1. The molecular formula is C14H20N2O3. The Bertz CT molecular complexity index is 448. The van der Waals surface area contributed by atoms with Gasteiger partial charge >= 0.3 is 6.03 Å². The van der Waals surface area contributed by atoms with Crippen molar-refractivity contribution in [2.75, 3.05) is 13.2 Å². The van der Waals surface area contributed by atoms with E-state index < -0.39 is 0 Å². The molecule has 1 heterocycles. The molecular weight excluding hydrogens is 244 g/mol. The zero-order valence-electron chi connectivity index (χ0n) is 11.1. The normalized spacial score (nSPS) is 17.9. The van der Waals surface area contributed by atoms with Crippen molar-refractivity contribution in [2.45, 2.75) is 32.2 Å². The molecule has 0 aromatic heterocycles. The quantitative estimate of drug-likeness (QED) is 0.686. The zero-order valence-corrected chi connectivity index (χ0v) is 11.1. The summed E-state index contributed by atoms with van der Waals surface area (Å²) in [6, 6.07) is 5.31. The van der Waals surface area contributed by atoms with Crippen LogP contribution in [0.3, 0.4) is 0 Å². The number of phenols is 1. The molecule has 5 heteroatoms. The second kappa shape index (κ2) is 6.31. The summed E-state index contributed by atoms with van der Waals surface area (Å²) in [6.07, 6.45) is 2.75. The van der Waals surface area contributed by atoms with Crippen LogP contribution in [0, 0.1) is 0 Å². The van der Waals surface area contributed by atoms with Gasteiger partial charge in [-0.2, -0.15) is 0 Å². The van der Waals surface area contributed by atoms with Crippen LogP contribution in [-0.4, -0.2) is 30.3 Å². The van der Waals surface area contributed by atoms with Crippen LogP contribution in [0.15, 0.2) is 18.2 Å². The summed E-state index contributed by atoms with van der Waals surface area (Å²) in [5.41, 5.74) is 1.04. The van der Waals surface area contributed by atoms with E-state index in [1.807, 2.05) is 12.1 Å². The Morgan fingerprint density at radius 3 is 3.00 bits per heavy atom. The van der Waals surface area contributed by atoms with Gasteiger partial charge in [0.1, 0.15) is 0 Å². The molecule has 2 rings (SSSR count). The predicted octanol–water partition coefficient (Wildman–Crippen LogP) is 1.79. The summed E-state index contributed by atoms with van der Waals surface area (Å²) < 4.78 is 5.55. The highest BCUT2D eigenvalue weighted by Crippen LogP contribution is 2.27. The Kier molecular flexibility index (Phi) is 4.49. The van der Waals surface area contributed by atoms with Gasteiger partial charge in [0, 0.05) is 6.54 Å². The number of rotatable bonds is 6. The van der Waals surface area contributed by atoms with Crippen LogP contribution < -0.4 is 15.4 Å². The zero-order chi connectivity index (χ0) is 13.7. The lowest BCUT2D eigenvalue weighted by atomic mass is 10.1. The largest absolute Gasteiger partial charge is 0.504 e. The summed E-state index contributed by atoms with van der Waals surface area (Å²) in [5.74, 6) is 0.677. The minimum Gasteiger partial charge on any atom is -0.504 e. The van der Waals surface area contributed by atoms with Crippen molar-refractivity contribution in [1.29, 1.82) is 0 Å². The monoisotopic (exact) mass is 264 g/mol. The molecule has 104 valence electrons. The van der Waals surface area contributed by atoms with Crippen LogP contribution in [0.1, 0.15) is 25.3 Å². The summed E-state index contributed by atoms with van der Waals surface area (Å²) in [5, 5.41) is 15.3. The van der Waals surface area contributed by atoms with Gasteiger partial charge in [0.2, 0.25) is 0 Å². The van der Waals surface area contributed by atoms with Gasteiger partial charge in [0.05, 0.1) is 12.6 Å². The number of unbranched alkanes of at least 4 members (excludes halogenated alkanes) is 1. The van der Waals surface area contributed by atoms with E-state index in [9.17, 15) is 9.90 Å². The highest BCUT2D eigenvalue weighted by atomic mass is 16.5. The molecule has 3 N–H and O–H groups in total. The molecule has 1 saturated heterocycles. The highest BCUT2D eigenvalue weighted by Gasteiger charge is 2.20. The molecule has 1 aromatic carbocycles. The summed E-state index contributed by atoms with van der Waals surface area (Å²) in [4.78, 5) is 11.1. The average molecular weight is 264 g/mol. The average Bonchev–Trinajstić information content (AvgIpc) is 2.79. The minimum atomic E-state index is -0.122. The molecule has 0 saturated carbocycles. The molecule has 1 aliphatic heterocycles. The van der Waals surface area contributed by atoms with Crippen LogP contribution in [0.2, 0.25) is 0 Å². The first-order valence-electron chi connectivity index (χ1n) is 6.68. The summed E-state index contributed by atoms with van der Waals surface area (Å²) in [7, 11) is 0. The summed E-state index contributed by atoms with van der Waals surface area (Å²) in [6.45, 7) is 3.33. The number of amides is 2. The molecule has 19 heavy (non-hydrogen) atoms. The van der Waals surface area contributed by atoms with Crippen LogP contribution in [-0.2, 0) is 6.42 Å². The number of ether oxygens (including phenoxy) is 1. The number of carbonyl (C=O) groups is 1. The number of nitrogens with one attached hydrogen (secondary N) is 2. The number of hydrogen-bond donors (Lipinski definition) is 3. The Morgan fingerprint density at radius 1 is 1.47 bits per heavy atom. The number of carbonyl (C=O) groups excluding carboxylic acids is 1. The van der Waals surface area contributed by atoms with E-state index in [-0.39, 0.29) is 17.8 Å². The van der Waals surface area contributed by atoms with Crippen molar-refractivity contribution in [2.24, 2.45) is 0 Å². The first-order chi connectivity index (χ1) is 9.19. The molecule has 5 nitrogen and oxygen atoms in total. The van der Waals surface area contributed by atoms with E-state index in [0.29, 0.717) is 18.9 Å². The second-order valence-electron chi connectivity index (χ2n) is 4.76. The van der Waals surface area contributed by atoms with Crippen molar-refractivity contribution in [3.8, 4) is 11.5 Å². The summed E-state index contributed by atoms with van der Waals surface area (Å²) >= 11 is 0. The van der Waals surface area contributed by atoms with Crippen molar-refractivity contribution in [1.82, 2.24) is 10.6 Å². The Morgan fingerprint density at radius 2 is 2.32 bits per heavy atom. The molecule has 1 aliphatic rings. The Labute approximate surface area is 113 Å². The molecule has 0 aliphatic carbocycles. The number of phenolic OH excluding ortho intramolecular Hbond substituents is 1. The van der Waals surface area contributed by atoms with E-state index in [1.54, 1.807) is 6.07 Å². The fourth-order valence-electron chi connectivity index (χ4n) is 2.04. The maximum absolute atomic E-state index is 11.1. The maximum Gasteiger partial charge on any atom is 0.315 e. The standard InChI is InChI=1S/C14H20N2O3/c1-2-3-6-19-13-8-10(4-5-12(13)17)7-11-9-15-14(18)16-11/h4-5,8,11,17H,2-3,6-7,9H2,1H3,(H2,15,16,18). The van der Waals surface area contributed by atoms with Crippen LogP contribution in [0.25, 0.3) is 0 Å². The third-order valence-electron chi connectivity index (χ3n) is 3.11. The lowest BCUT2D eigenvalue weighted by Crippen LogP contribution is -2.28. The lowest BCUT2D eigenvalue weighted by molar-refractivity contribution is 0.247. The molecule has 1 atom stereocenters. The van der Waals surface area contributed by atoms with Crippen molar-refractivity contribution in [3.63, 3.8) is 0 Å². The number of benzene rings is 1. The van der Waals surface area contributed by atoms with Gasteiger partial charge in [0.15, 0.2) is 11.5 Å². The number of urea groups is 1. The number of hydrogen-bond acceptors (Lipinski definition) is 3. The molecule has 0 spiro atoms. The first kappa shape index (κ1) is 13.5. The predicted molar refractivity (Wildman–Crippen MR) is 72.5 cm³/mol. The Balaban J connectivity index is 1.97. The number of aromatic hydroxyl groups is 1. The molecule has 0 radical (unpaired) electrons. The van der Waals surface area contributed by atoms with E-state index >= 15 is 0 Å². The van der Waals surface area contributed by atoms with Gasteiger partial charge in [-0.25, -0.2) is 4.79 Å². The third-order valence-corrected chi connectivity index (χ3v) is 3.11. The van der Waals surface area contributed by atoms with Gasteiger partial charge in [-0.15, -0.1) is 0 Å². The fraction of sp³-hybridized carbons (Fsp3) is 0.500. The minimum absolute atomic E-state index is 0.0977. The molecule has 2 amide bonds. The third kappa shape index (κ3) is 3.77. The van der Waals surface area contributed by atoms with Gasteiger partial charge < -0.3 is 20.5 Å². The van der Waals surface area contributed by atoms with Crippen molar-refractivity contribution < 1.29 is 14.6 Å². The van der Waals surface area contributed by atoms with Gasteiger partial charge in [-0.3, -0.25) is 0 Å². The van der Waals surface area contributed by atoms with Gasteiger partial charge in [-0.05, 0) is 30.5 Å². The van der Waals surface area contributed by atoms with Crippen LogP contribution in [0.4, 0.5) is 4.79 Å².